The zero-order chi connectivity index (χ0) is 14.2. The van der Waals surface area contributed by atoms with Crippen LogP contribution in [-0.4, -0.2) is 41.8 Å². The van der Waals surface area contributed by atoms with Crippen LogP contribution in [0, 0.1) is 0 Å². The number of hydrogen-bond acceptors (Lipinski definition) is 3. The van der Waals surface area contributed by atoms with Crippen LogP contribution in [0.2, 0.25) is 5.02 Å². The van der Waals surface area contributed by atoms with E-state index in [1.54, 1.807) is 0 Å². The molecule has 108 valence electrons. The van der Waals surface area contributed by atoms with Crippen molar-refractivity contribution in [2.75, 3.05) is 26.7 Å². The Bertz CT molecular complexity index is 502. The molecule has 1 aromatic carbocycles. The maximum atomic E-state index is 6.03. The van der Waals surface area contributed by atoms with Crippen molar-refractivity contribution >= 4 is 11.6 Å². The highest BCUT2D eigenvalue weighted by molar-refractivity contribution is 6.32. The van der Waals surface area contributed by atoms with E-state index in [0.717, 1.165) is 31.7 Å². The van der Waals surface area contributed by atoms with Crippen LogP contribution < -0.4 is 4.74 Å². The van der Waals surface area contributed by atoms with E-state index in [4.69, 9.17) is 16.3 Å². The number of benzene rings is 1. The molecule has 0 unspecified atom stereocenters. The summed E-state index contributed by atoms with van der Waals surface area (Å²) in [6.45, 7) is 2.70. The number of ether oxygens (including phenoxy) is 1. The number of H-pyrrole nitrogens is 1. The van der Waals surface area contributed by atoms with Crippen molar-refractivity contribution in [3.05, 3.63) is 47.2 Å². The summed E-state index contributed by atoms with van der Waals surface area (Å²) in [5, 5.41) is 7.44. The number of aromatic nitrogens is 2. The molecule has 1 heterocycles. The second-order valence-corrected chi connectivity index (χ2v) is 5.20. The Morgan fingerprint density at radius 1 is 1.30 bits per heavy atom. The van der Waals surface area contributed by atoms with Gasteiger partial charge in [-0.1, -0.05) is 23.7 Å². The van der Waals surface area contributed by atoms with Gasteiger partial charge in [0, 0.05) is 19.3 Å². The van der Waals surface area contributed by atoms with Gasteiger partial charge in [-0.15, -0.1) is 0 Å². The molecule has 4 nitrogen and oxygen atoms in total. The van der Waals surface area contributed by atoms with Crippen LogP contribution in [0.5, 0.6) is 5.75 Å². The topological polar surface area (TPSA) is 41.1 Å². The van der Waals surface area contributed by atoms with E-state index >= 15 is 0 Å². The van der Waals surface area contributed by atoms with Crippen molar-refractivity contribution in [2.24, 2.45) is 0 Å². The van der Waals surface area contributed by atoms with Crippen LogP contribution in [0.15, 0.2) is 36.7 Å². The fourth-order valence-electron chi connectivity index (χ4n) is 1.92. The van der Waals surface area contributed by atoms with Crippen LogP contribution in [0.3, 0.4) is 0 Å². The van der Waals surface area contributed by atoms with Gasteiger partial charge in [0.2, 0.25) is 0 Å². The summed E-state index contributed by atoms with van der Waals surface area (Å²) >= 11 is 6.03. The van der Waals surface area contributed by atoms with E-state index in [9.17, 15) is 0 Å². The van der Waals surface area contributed by atoms with Crippen molar-refractivity contribution in [2.45, 2.75) is 12.8 Å². The van der Waals surface area contributed by atoms with Crippen molar-refractivity contribution in [3.63, 3.8) is 0 Å². The van der Waals surface area contributed by atoms with E-state index in [1.807, 2.05) is 36.7 Å². The Morgan fingerprint density at radius 2 is 2.15 bits per heavy atom. The first-order valence-electron chi connectivity index (χ1n) is 6.79. The quantitative estimate of drug-likeness (QED) is 0.761. The molecule has 2 aromatic rings. The van der Waals surface area contributed by atoms with Gasteiger partial charge < -0.3 is 9.64 Å². The molecule has 0 radical (unpaired) electrons. The zero-order valence-corrected chi connectivity index (χ0v) is 12.4. The molecule has 0 aliphatic rings. The van der Waals surface area contributed by atoms with Crippen LogP contribution >= 0.6 is 11.6 Å². The van der Waals surface area contributed by atoms with Crippen molar-refractivity contribution in [1.29, 1.82) is 0 Å². The molecule has 0 bridgehead atoms. The number of rotatable bonds is 8. The number of likely N-dealkylation sites (N-methyl/N-ethyl adjacent to an activating group) is 1. The zero-order valence-electron chi connectivity index (χ0n) is 11.7. The normalized spacial score (nSPS) is 10.9. The minimum absolute atomic E-state index is 0.667. The molecule has 0 amide bonds. The highest BCUT2D eigenvalue weighted by Crippen LogP contribution is 2.22. The van der Waals surface area contributed by atoms with Crippen molar-refractivity contribution in [1.82, 2.24) is 15.1 Å². The summed E-state index contributed by atoms with van der Waals surface area (Å²) in [7, 11) is 2.12. The Labute approximate surface area is 124 Å². The van der Waals surface area contributed by atoms with Crippen LogP contribution in [0.1, 0.15) is 12.0 Å². The van der Waals surface area contributed by atoms with Crippen LogP contribution in [-0.2, 0) is 6.42 Å². The molecule has 2 rings (SSSR count). The molecule has 0 saturated heterocycles. The second kappa shape index (κ2) is 7.92. The number of hydrogen-bond donors (Lipinski definition) is 1. The highest BCUT2D eigenvalue weighted by atomic mass is 35.5. The number of para-hydroxylation sites is 1. The first-order valence-corrected chi connectivity index (χ1v) is 7.17. The minimum atomic E-state index is 0.667. The molecule has 1 aromatic heterocycles. The highest BCUT2D eigenvalue weighted by Gasteiger charge is 2.02. The number of nitrogens with zero attached hydrogens (tertiary/aromatic N) is 2. The molecule has 0 fully saturated rings. The van der Waals surface area contributed by atoms with Gasteiger partial charge in [-0.25, -0.2) is 0 Å². The van der Waals surface area contributed by atoms with E-state index in [0.29, 0.717) is 11.6 Å². The number of halogens is 1. The predicted molar refractivity (Wildman–Crippen MR) is 81.4 cm³/mol. The second-order valence-electron chi connectivity index (χ2n) is 4.79. The first kappa shape index (κ1) is 14.9. The molecule has 20 heavy (non-hydrogen) atoms. The maximum absolute atomic E-state index is 6.03. The molecule has 0 aliphatic carbocycles. The smallest absolute Gasteiger partial charge is 0.137 e. The van der Waals surface area contributed by atoms with Gasteiger partial charge in [0.25, 0.3) is 0 Å². The lowest BCUT2D eigenvalue weighted by Gasteiger charge is -2.16. The molecule has 0 spiro atoms. The van der Waals surface area contributed by atoms with Gasteiger partial charge in [0.1, 0.15) is 5.75 Å². The molecule has 0 atom stereocenters. The lowest BCUT2D eigenvalue weighted by atomic mass is 10.2. The Hall–Kier alpha value is -1.52. The average Bonchev–Trinajstić information content (AvgIpc) is 2.96. The van der Waals surface area contributed by atoms with E-state index in [1.165, 1.54) is 5.56 Å². The van der Waals surface area contributed by atoms with Gasteiger partial charge in [0.05, 0.1) is 17.8 Å². The lowest BCUT2D eigenvalue weighted by molar-refractivity contribution is 0.264. The molecule has 0 saturated carbocycles. The summed E-state index contributed by atoms with van der Waals surface area (Å²) in [5.41, 5.74) is 1.24. The minimum Gasteiger partial charge on any atom is -0.492 e. The summed E-state index contributed by atoms with van der Waals surface area (Å²) < 4.78 is 5.66. The van der Waals surface area contributed by atoms with Gasteiger partial charge in [-0.3, -0.25) is 5.10 Å². The lowest BCUT2D eigenvalue weighted by Crippen LogP contribution is -2.23. The van der Waals surface area contributed by atoms with Gasteiger partial charge in [-0.05, 0) is 37.6 Å². The van der Waals surface area contributed by atoms with E-state index in [-0.39, 0.29) is 0 Å². The third-order valence-corrected chi connectivity index (χ3v) is 3.43. The third-order valence-electron chi connectivity index (χ3n) is 3.12. The van der Waals surface area contributed by atoms with Gasteiger partial charge in [-0.2, -0.15) is 5.10 Å². The SMILES string of the molecule is CN(CCCOc1ccccc1Cl)CCc1cn[nH]c1. The summed E-state index contributed by atoms with van der Waals surface area (Å²) in [6.07, 6.45) is 5.80. The van der Waals surface area contributed by atoms with Crippen LogP contribution in [0.4, 0.5) is 0 Å². The summed E-state index contributed by atoms with van der Waals surface area (Å²) in [4.78, 5) is 2.29. The first-order chi connectivity index (χ1) is 9.75. The Morgan fingerprint density at radius 3 is 2.90 bits per heavy atom. The molecular formula is C15H20ClN3O. The fraction of sp³-hybridized carbons (Fsp3) is 0.400. The largest absolute Gasteiger partial charge is 0.492 e. The summed E-state index contributed by atoms with van der Waals surface area (Å²) in [5.74, 6) is 0.759. The van der Waals surface area contributed by atoms with Gasteiger partial charge >= 0.3 is 0 Å². The molecular weight excluding hydrogens is 274 g/mol. The third kappa shape index (κ3) is 4.87. The Balaban J connectivity index is 1.60. The fourth-order valence-corrected chi connectivity index (χ4v) is 2.11. The standard InChI is InChI=1S/C15H20ClN3O/c1-19(9-7-13-11-17-18-12-13)8-4-10-20-15-6-3-2-5-14(15)16/h2-3,5-6,11-12H,4,7-10H2,1H3,(H,17,18). The molecule has 5 heteroatoms. The van der Waals surface area contributed by atoms with Crippen molar-refractivity contribution in [3.8, 4) is 5.75 Å². The van der Waals surface area contributed by atoms with E-state index in [2.05, 4.69) is 22.1 Å². The number of aromatic amines is 1. The number of nitrogens with one attached hydrogen (secondary N) is 1. The maximum Gasteiger partial charge on any atom is 0.137 e. The molecule has 0 aliphatic heterocycles. The monoisotopic (exact) mass is 293 g/mol. The average molecular weight is 294 g/mol. The van der Waals surface area contributed by atoms with Crippen LogP contribution in [0.25, 0.3) is 0 Å². The van der Waals surface area contributed by atoms with Gasteiger partial charge in [0.15, 0.2) is 0 Å². The molecule has 1 N–H and O–H groups in total. The van der Waals surface area contributed by atoms with Crippen molar-refractivity contribution < 1.29 is 4.74 Å². The predicted octanol–water partition coefficient (Wildman–Crippen LogP) is 3.01. The Kier molecular flexibility index (Phi) is 5.89. The van der Waals surface area contributed by atoms with E-state index < -0.39 is 0 Å². The summed E-state index contributed by atoms with van der Waals surface area (Å²) in [6, 6.07) is 7.57.